The van der Waals surface area contributed by atoms with E-state index in [1.807, 2.05) is 11.8 Å². The molecular weight excluding hydrogens is 244 g/mol. The summed E-state index contributed by atoms with van der Waals surface area (Å²) in [7, 11) is 0. The van der Waals surface area contributed by atoms with Gasteiger partial charge in [-0.1, -0.05) is 12.8 Å². The van der Waals surface area contributed by atoms with Crippen LogP contribution in [0.2, 0.25) is 0 Å². The largest absolute Gasteiger partial charge is 0.372 e. The highest BCUT2D eigenvalue weighted by Gasteiger charge is 2.30. The van der Waals surface area contributed by atoms with Crippen LogP contribution >= 0.6 is 0 Å². The van der Waals surface area contributed by atoms with E-state index in [9.17, 15) is 9.59 Å². The molecule has 0 radical (unpaired) electrons. The number of nitrogens with zero attached hydrogens (tertiary/aromatic N) is 2. The number of carbonyl (C=O) groups is 2. The van der Waals surface area contributed by atoms with E-state index in [1.54, 1.807) is 4.90 Å². The Balaban J connectivity index is 1.75. The number of carbonyl (C=O) groups excluding carboxylic acids is 2. The second kappa shape index (κ2) is 6.89. The molecule has 0 atom stereocenters. The van der Waals surface area contributed by atoms with Crippen molar-refractivity contribution in [2.45, 2.75) is 32.6 Å². The summed E-state index contributed by atoms with van der Waals surface area (Å²) in [5.74, 6) is 0.579. The van der Waals surface area contributed by atoms with Crippen LogP contribution in [0.1, 0.15) is 32.6 Å². The second-order valence-electron chi connectivity index (χ2n) is 5.32. The van der Waals surface area contributed by atoms with Crippen molar-refractivity contribution < 1.29 is 14.3 Å². The average Bonchev–Trinajstić information content (AvgIpc) is 2.98. The van der Waals surface area contributed by atoms with Gasteiger partial charge in [0.2, 0.25) is 11.8 Å². The highest BCUT2D eigenvalue weighted by atomic mass is 16.5. The van der Waals surface area contributed by atoms with Crippen molar-refractivity contribution in [3.8, 4) is 0 Å². The van der Waals surface area contributed by atoms with E-state index in [4.69, 9.17) is 4.74 Å². The van der Waals surface area contributed by atoms with Crippen LogP contribution in [0.5, 0.6) is 0 Å². The molecule has 0 aromatic carbocycles. The lowest BCUT2D eigenvalue weighted by molar-refractivity contribution is -0.144. The number of hydrogen-bond donors (Lipinski definition) is 0. The molecule has 0 spiro atoms. The molecule has 2 rings (SSSR count). The summed E-state index contributed by atoms with van der Waals surface area (Å²) in [6.07, 6.45) is 4.46. The summed E-state index contributed by atoms with van der Waals surface area (Å²) in [4.78, 5) is 27.8. The molecule has 0 N–H and O–H groups in total. The predicted octanol–water partition coefficient (Wildman–Crippen LogP) is 0.884. The molecule has 2 amide bonds. The Morgan fingerprint density at radius 2 is 1.63 bits per heavy atom. The van der Waals surface area contributed by atoms with Crippen molar-refractivity contribution >= 4 is 11.8 Å². The molecule has 2 aliphatic rings. The van der Waals surface area contributed by atoms with Crippen molar-refractivity contribution in [1.29, 1.82) is 0 Å². The van der Waals surface area contributed by atoms with Crippen LogP contribution in [-0.2, 0) is 14.3 Å². The second-order valence-corrected chi connectivity index (χ2v) is 5.32. The van der Waals surface area contributed by atoms with E-state index in [-0.39, 0.29) is 18.4 Å². The van der Waals surface area contributed by atoms with E-state index in [2.05, 4.69) is 0 Å². The summed E-state index contributed by atoms with van der Waals surface area (Å²) in [6.45, 7) is 5.24. The first-order valence-electron chi connectivity index (χ1n) is 7.36. The van der Waals surface area contributed by atoms with Crippen LogP contribution in [-0.4, -0.2) is 61.0 Å². The van der Waals surface area contributed by atoms with Gasteiger partial charge in [0, 0.05) is 38.7 Å². The summed E-state index contributed by atoms with van der Waals surface area (Å²) in [6, 6.07) is 0. The van der Waals surface area contributed by atoms with Gasteiger partial charge in [-0.25, -0.2) is 0 Å². The summed E-state index contributed by atoms with van der Waals surface area (Å²) in [5, 5.41) is 0. The van der Waals surface area contributed by atoms with Crippen molar-refractivity contribution in [3.05, 3.63) is 0 Å². The molecule has 5 heteroatoms. The fraction of sp³-hybridized carbons (Fsp3) is 0.857. The normalized spacial score (nSPS) is 20.9. The third-order valence-electron chi connectivity index (χ3n) is 4.08. The monoisotopic (exact) mass is 268 g/mol. The maximum atomic E-state index is 12.2. The molecular formula is C14H24N2O3. The number of hydrogen-bond acceptors (Lipinski definition) is 3. The summed E-state index contributed by atoms with van der Waals surface area (Å²) >= 11 is 0. The molecule has 2 fully saturated rings. The summed E-state index contributed by atoms with van der Waals surface area (Å²) in [5.41, 5.74) is 0. The van der Waals surface area contributed by atoms with Gasteiger partial charge >= 0.3 is 0 Å². The minimum atomic E-state index is 0.0369. The van der Waals surface area contributed by atoms with Gasteiger partial charge < -0.3 is 14.5 Å². The van der Waals surface area contributed by atoms with Crippen LogP contribution in [0.15, 0.2) is 0 Å². The molecule has 1 aliphatic heterocycles. The molecule has 0 aromatic heterocycles. The molecule has 1 aliphatic carbocycles. The van der Waals surface area contributed by atoms with Crippen molar-refractivity contribution in [3.63, 3.8) is 0 Å². The predicted molar refractivity (Wildman–Crippen MR) is 71.6 cm³/mol. The lowest BCUT2D eigenvalue weighted by Gasteiger charge is -2.36. The first-order chi connectivity index (χ1) is 9.22. The first-order valence-corrected chi connectivity index (χ1v) is 7.36. The molecule has 108 valence electrons. The molecule has 5 nitrogen and oxygen atoms in total. The topological polar surface area (TPSA) is 49.9 Å². The van der Waals surface area contributed by atoms with Gasteiger partial charge in [-0.05, 0) is 19.8 Å². The van der Waals surface area contributed by atoms with Crippen LogP contribution < -0.4 is 0 Å². The SMILES string of the molecule is CCOCC(=O)N1CCN(C(=O)C2CCCC2)CC1. The fourth-order valence-electron chi connectivity index (χ4n) is 2.89. The minimum absolute atomic E-state index is 0.0369. The Bertz CT molecular complexity index is 319. The number of piperazine rings is 1. The lowest BCUT2D eigenvalue weighted by Crippen LogP contribution is -2.52. The van der Waals surface area contributed by atoms with Gasteiger partial charge in [0.25, 0.3) is 0 Å². The molecule has 1 saturated carbocycles. The van der Waals surface area contributed by atoms with Gasteiger partial charge in [-0.3, -0.25) is 9.59 Å². The Morgan fingerprint density at radius 1 is 1.05 bits per heavy atom. The smallest absolute Gasteiger partial charge is 0.248 e. The highest BCUT2D eigenvalue weighted by molar-refractivity contribution is 5.80. The van der Waals surface area contributed by atoms with Crippen molar-refractivity contribution in [1.82, 2.24) is 9.80 Å². The quantitative estimate of drug-likeness (QED) is 0.760. The maximum Gasteiger partial charge on any atom is 0.248 e. The van der Waals surface area contributed by atoms with Crippen LogP contribution in [0.4, 0.5) is 0 Å². The maximum absolute atomic E-state index is 12.2. The number of ether oxygens (including phenoxy) is 1. The first kappa shape index (κ1) is 14.3. The van der Waals surface area contributed by atoms with Crippen LogP contribution in [0.25, 0.3) is 0 Å². The molecule has 1 heterocycles. The highest BCUT2D eigenvalue weighted by Crippen LogP contribution is 2.26. The van der Waals surface area contributed by atoms with E-state index in [1.165, 1.54) is 12.8 Å². The van der Waals surface area contributed by atoms with Gasteiger partial charge in [0.15, 0.2) is 0 Å². The van der Waals surface area contributed by atoms with Gasteiger partial charge in [-0.2, -0.15) is 0 Å². The lowest BCUT2D eigenvalue weighted by atomic mass is 10.1. The summed E-state index contributed by atoms with van der Waals surface area (Å²) < 4.78 is 5.13. The third-order valence-corrected chi connectivity index (χ3v) is 4.08. The molecule has 0 unspecified atom stereocenters. The van der Waals surface area contributed by atoms with E-state index in [0.29, 0.717) is 38.7 Å². The molecule has 0 aromatic rings. The van der Waals surface area contributed by atoms with Crippen LogP contribution in [0.3, 0.4) is 0 Å². The van der Waals surface area contributed by atoms with Gasteiger partial charge in [-0.15, -0.1) is 0 Å². The zero-order valence-corrected chi connectivity index (χ0v) is 11.8. The van der Waals surface area contributed by atoms with E-state index < -0.39 is 0 Å². The van der Waals surface area contributed by atoms with E-state index in [0.717, 1.165) is 12.8 Å². The van der Waals surface area contributed by atoms with Crippen molar-refractivity contribution in [2.24, 2.45) is 5.92 Å². The van der Waals surface area contributed by atoms with Crippen molar-refractivity contribution in [2.75, 3.05) is 39.4 Å². The average molecular weight is 268 g/mol. The Hall–Kier alpha value is -1.10. The zero-order chi connectivity index (χ0) is 13.7. The van der Waals surface area contributed by atoms with Gasteiger partial charge in [0.05, 0.1) is 0 Å². The molecule has 0 bridgehead atoms. The van der Waals surface area contributed by atoms with E-state index >= 15 is 0 Å². The number of amides is 2. The van der Waals surface area contributed by atoms with Gasteiger partial charge in [0.1, 0.15) is 6.61 Å². The third kappa shape index (κ3) is 3.69. The molecule has 1 saturated heterocycles. The standard InChI is InChI=1S/C14H24N2O3/c1-2-19-11-13(17)15-7-9-16(10-8-15)14(18)12-5-3-4-6-12/h12H,2-11H2,1H3. The zero-order valence-electron chi connectivity index (χ0n) is 11.8. The number of rotatable bonds is 4. The fourth-order valence-corrected chi connectivity index (χ4v) is 2.89. The Labute approximate surface area is 114 Å². The Morgan fingerprint density at radius 3 is 2.21 bits per heavy atom. The molecule has 19 heavy (non-hydrogen) atoms. The van der Waals surface area contributed by atoms with Crippen LogP contribution in [0, 0.1) is 5.92 Å². The Kier molecular flexibility index (Phi) is 5.19. The minimum Gasteiger partial charge on any atom is -0.372 e.